The van der Waals surface area contributed by atoms with Gasteiger partial charge in [0, 0.05) is 13.6 Å². The van der Waals surface area contributed by atoms with Crippen LogP contribution in [0, 0.1) is 13.8 Å². The van der Waals surface area contributed by atoms with Crippen LogP contribution in [0.3, 0.4) is 0 Å². The first-order valence-corrected chi connectivity index (χ1v) is 7.73. The maximum Gasteiger partial charge on any atom is 0.247 e. The summed E-state index contributed by atoms with van der Waals surface area (Å²) in [4.78, 5) is 0.324. The molecule has 0 bridgehead atoms. The Kier molecular flexibility index (Phi) is 3.49. The normalized spacial score (nSPS) is 20.7. The van der Waals surface area contributed by atoms with Crippen LogP contribution in [-0.4, -0.2) is 47.8 Å². The minimum absolute atomic E-state index is 0.324. The smallest absolute Gasteiger partial charge is 0.247 e. The van der Waals surface area contributed by atoms with E-state index in [0.29, 0.717) is 36.0 Å². The van der Waals surface area contributed by atoms with Gasteiger partial charge in [0.15, 0.2) is 0 Å². The van der Waals surface area contributed by atoms with Gasteiger partial charge in [0.2, 0.25) is 10.0 Å². The average molecular weight is 287 g/mol. The van der Waals surface area contributed by atoms with Gasteiger partial charge in [-0.15, -0.1) is 0 Å². The standard InChI is InChI=1S/C12H21N3O3S/c1-9-11(10(2)14(5)13-9)19(16,17)15-6-7-18-8-12(15,3)4/h6-8H2,1-5H3. The fourth-order valence-electron chi connectivity index (χ4n) is 2.53. The highest BCUT2D eigenvalue weighted by Gasteiger charge is 2.41. The molecule has 7 heteroatoms. The van der Waals surface area contributed by atoms with Gasteiger partial charge in [-0.3, -0.25) is 4.68 Å². The predicted molar refractivity (Wildman–Crippen MR) is 71.5 cm³/mol. The number of aromatic nitrogens is 2. The molecule has 19 heavy (non-hydrogen) atoms. The largest absolute Gasteiger partial charge is 0.378 e. The second kappa shape index (κ2) is 4.57. The lowest BCUT2D eigenvalue weighted by atomic mass is 10.1. The molecule has 2 rings (SSSR count). The zero-order chi connectivity index (χ0) is 14.4. The Hall–Kier alpha value is -0.920. The van der Waals surface area contributed by atoms with Crippen molar-refractivity contribution in [1.82, 2.24) is 14.1 Å². The number of rotatable bonds is 2. The highest BCUT2D eigenvalue weighted by Crippen LogP contribution is 2.30. The number of hydrogen-bond donors (Lipinski definition) is 0. The second-order valence-electron chi connectivity index (χ2n) is 5.57. The third kappa shape index (κ3) is 2.30. The van der Waals surface area contributed by atoms with Crippen molar-refractivity contribution in [2.45, 2.75) is 38.1 Å². The Labute approximate surface area is 114 Å². The second-order valence-corrected chi connectivity index (χ2v) is 7.36. The molecule has 0 radical (unpaired) electrons. The number of ether oxygens (including phenoxy) is 1. The summed E-state index contributed by atoms with van der Waals surface area (Å²) in [6.45, 7) is 8.48. The summed E-state index contributed by atoms with van der Waals surface area (Å²) in [5.41, 5.74) is 0.674. The molecule has 2 heterocycles. The number of hydrogen-bond acceptors (Lipinski definition) is 4. The SMILES string of the molecule is Cc1nn(C)c(C)c1S(=O)(=O)N1CCOCC1(C)C. The number of morpholine rings is 1. The molecule has 0 saturated carbocycles. The molecule has 108 valence electrons. The molecule has 1 aromatic rings. The van der Waals surface area contributed by atoms with Gasteiger partial charge in [-0.25, -0.2) is 8.42 Å². The Morgan fingerprint density at radius 2 is 1.95 bits per heavy atom. The van der Waals surface area contributed by atoms with E-state index in [0.717, 1.165) is 0 Å². The van der Waals surface area contributed by atoms with Crippen LogP contribution in [0.15, 0.2) is 4.90 Å². The summed E-state index contributed by atoms with van der Waals surface area (Å²) in [5.74, 6) is 0. The van der Waals surface area contributed by atoms with Crippen LogP contribution in [0.25, 0.3) is 0 Å². The minimum atomic E-state index is -3.54. The van der Waals surface area contributed by atoms with Crippen molar-refractivity contribution in [3.63, 3.8) is 0 Å². The minimum Gasteiger partial charge on any atom is -0.378 e. The van der Waals surface area contributed by atoms with E-state index >= 15 is 0 Å². The average Bonchev–Trinajstić information content (AvgIpc) is 2.52. The quantitative estimate of drug-likeness (QED) is 0.808. The van der Waals surface area contributed by atoms with Crippen molar-refractivity contribution in [1.29, 1.82) is 0 Å². The first-order valence-electron chi connectivity index (χ1n) is 6.29. The Morgan fingerprint density at radius 3 is 2.42 bits per heavy atom. The molecule has 0 spiro atoms. The molecule has 6 nitrogen and oxygen atoms in total. The van der Waals surface area contributed by atoms with Crippen LogP contribution in [0.4, 0.5) is 0 Å². The fourth-order valence-corrected chi connectivity index (χ4v) is 4.69. The number of nitrogens with zero attached hydrogens (tertiary/aromatic N) is 3. The lowest BCUT2D eigenvalue weighted by molar-refractivity contribution is -0.00773. The maximum absolute atomic E-state index is 12.9. The fraction of sp³-hybridized carbons (Fsp3) is 0.750. The summed E-state index contributed by atoms with van der Waals surface area (Å²) >= 11 is 0. The number of aryl methyl sites for hydroxylation is 2. The highest BCUT2D eigenvalue weighted by atomic mass is 32.2. The molecule has 0 aromatic carbocycles. The molecule has 0 amide bonds. The molecule has 0 atom stereocenters. The molecule has 1 aliphatic heterocycles. The first kappa shape index (κ1) is 14.5. The van der Waals surface area contributed by atoms with E-state index in [1.807, 2.05) is 13.8 Å². The van der Waals surface area contributed by atoms with Crippen molar-refractivity contribution in [3.8, 4) is 0 Å². The Balaban J connectivity index is 2.53. The van der Waals surface area contributed by atoms with E-state index < -0.39 is 15.6 Å². The maximum atomic E-state index is 12.9. The number of sulfonamides is 1. The van der Waals surface area contributed by atoms with Gasteiger partial charge >= 0.3 is 0 Å². The molecule has 1 saturated heterocycles. The van der Waals surface area contributed by atoms with E-state index in [-0.39, 0.29) is 0 Å². The van der Waals surface area contributed by atoms with Gasteiger partial charge in [-0.05, 0) is 27.7 Å². The van der Waals surface area contributed by atoms with E-state index in [9.17, 15) is 8.42 Å². The van der Waals surface area contributed by atoms with Crippen LogP contribution in [0.1, 0.15) is 25.2 Å². The Morgan fingerprint density at radius 1 is 1.32 bits per heavy atom. The lowest BCUT2D eigenvalue weighted by Crippen LogP contribution is -2.55. The first-order chi connectivity index (χ1) is 8.68. The van der Waals surface area contributed by atoms with Crippen LogP contribution in [0.2, 0.25) is 0 Å². The molecule has 0 unspecified atom stereocenters. The van der Waals surface area contributed by atoms with Crippen LogP contribution in [0.5, 0.6) is 0 Å². The third-order valence-corrected chi connectivity index (χ3v) is 5.92. The van der Waals surface area contributed by atoms with Crippen LogP contribution in [-0.2, 0) is 21.8 Å². The predicted octanol–water partition coefficient (Wildman–Crippen LogP) is 0.836. The summed E-state index contributed by atoms with van der Waals surface area (Å²) in [6, 6.07) is 0. The van der Waals surface area contributed by atoms with Crippen molar-refractivity contribution in [2.24, 2.45) is 7.05 Å². The summed E-state index contributed by atoms with van der Waals surface area (Å²) < 4.78 is 34.3. The molecule has 0 N–H and O–H groups in total. The van der Waals surface area contributed by atoms with Gasteiger partial charge in [0.1, 0.15) is 4.90 Å². The van der Waals surface area contributed by atoms with Crippen LogP contribution < -0.4 is 0 Å². The molecule has 1 fully saturated rings. The van der Waals surface area contributed by atoms with Gasteiger partial charge in [0.25, 0.3) is 0 Å². The van der Waals surface area contributed by atoms with E-state index in [1.54, 1.807) is 25.6 Å². The van der Waals surface area contributed by atoms with Gasteiger partial charge in [0.05, 0.1) is 30.1 Å². The van der Waals surface area contributed by atoms with Crippen molar-refractivity contribution in [3.05, 3.63) is 11.4 Å². The van der Waals surface area contributed by atoms with E-state index in [2.05, 4.69) is 5.10 Å². The van der Waals surface area contributed by atoms with Gasteiger partial charge in [-0.2, -0.15) is 9.40 Å². The molecule has 1 aliphatic rings. The van der Waals surface area contributed by atoms with Crippen LogP contribution >= 0.6 is 0 Å². The molecule has 1 aromatic heterocycles. The molecular weight excluding hydrogens is 266 g/mol. The van der Waals surface area contributed by atoms with Gasteiger partial charge < -0.3 is 4.74 Å². The van der Waals surface area contributed by atoms with Gasteiger partial charge in [-0.1, -0.05) is 0 Å². The zero-order valence-corrected chi connectivity index (χ0v) is 12.9. The summed E-state index contributed by atoms with van der Waals surface area (Å²) in [7, 11) is -1.78. The monoisotopic (exact) mass is 287 g/mol. The topological polar surface area (TPSA) is 64.4 Å². The zero-order valence-electron chi connectivity index (χ0n) is 12.1. The van der Waals surface area contributed by atoms with Crippen molar-refractivity contribution in [2.75, 3.05) is 19.8 Å². The lowest BCUT2D eigenvalue weighted by Gasteiger charge is -2.40. The summed E-state index contributed by atoms with van der Waals surface area (Å²) in [6.07, 6.45) is 0. The summed E-state index contributed by atoms with van der Waals surface area (Å²) in [5, 5.41) is 4.20. The third-order valence-electron chi connectivity index (χ3n) is 3.56. The Bertz CT molecular complexity index is 590. The van der Waals surface area contributed by atoms with E-state index in [1.165, 1.54) is 4.31 Å². The van der Waals surface area contributed by atoms with E-state index in [4.69, 9.17) is 4.74 Å². The van der Waals surface area contributed by atoms with Crippen molar-refractivity contribution < 1.29 is 13.2 Å². The van der Waals surface area contributed by atoms with Crippen molar-refractivity contribution >= 4 is 10.0 Å². The molecular formula is C12H21N3O3S. The highest BCUT2D eigenvalue weighted by molar-refractivity contribution is 7.89. The molecule has 0 aliphatic carbocycles.